The standard InChI is InChI=1S/C16H23NO3/c1-6-7-8-9-15-14(12(3)20-5)10-11(2)16(19)17(15)13(4)18/h9,11,16,19H,6,10H2,1-5H3. The maximum absolute atomic E-state index is 11.9. The summed E-state index contributed by atoms with van der Waals surface area (Å²) in [6, 6.07) is 0. The highest BCUT2D eigenvalue weighted by Gasteiger charge is 2.36. The molecule has 2 unspecified atom stereocenters. The Morgan fingerprint density at radius 2 is 2.20 bits per heavy atom. The van der Waals surface area contributed by atoms with Crippen LogP contribution < -0.4 is 0 Å². The Hall–Kier alpha value is -1.73. The Bertz CT molecular complexity index is 494. The summed E-state index contributed by atoms with van der Waals surface area (Å²) < 4.78 is 5.31. The van der Waals surface area contributed by atoms with Gasteiger partial charge in [0.1, 0.15) is 6.23 Å². The number of aliphatic hydroxyl groups is 1. The summed E-state index contributed by atoms with van der Waals surface area (Å²) in [5.41, 5.74) is 1.56. The molecule has 1 aliphatic heterocycles. The lowest BCUT2D eigenvalue weighted by atomic mass is 9.89. The van der Waals surface area contributed by atoms with Gasteiger partial charge in [-0.15, -0.1) is 0 Å². The van der Waals surface area contributed by atoms with Crippen molar-refractivity contribution in [3.8, 4) is 11.8 Å². The molecule has 1 aliphatic rings. The molecule has 0 aliphatic carbocycles. The highest BCUT2D eigenvalue weighted by Crippen LogP contribution is 2.35. The number of allylic oxidation sites excluding steroid dienone is 3. The second-order valence-corrected chi connectivity index (χ2v) is 4.93. The molecule has 0 aromatic carbocycles. The van der Waals surface area contributed by atoms with E-state index >= 15 is 0 Å². The third-order valence-corrected chi connectivity index (χ3v) is 3.43. The summed E-state index contributed by atoms with van der Waals surface area (Å²) in [6.07, 6.45) is 2.27. The minimum Gasteiger partial charge on any atom is -0.501 e. The monoisotopic (exact) mass is 277 g/mol. The molecule has 1 N–H and O–H groups in total. The number of hydrogen-bond donors (Lipinski definition) is 1. The van der Waals surface area contributed by atoms with Gasteiger partial charge in [-0.2, -0.15) is 0 Å². The fraction of sp³-hybridized carbons (Fsp3) is 0.562. The summed E-state index contributed by atoms with van der Waals surface area (Å²) in [7, 11) is 1.60. The number of rotatable bonds is 1. The number of ether oxygens (including phenoxy) is 1. The number of likely N-dealkylation sites (tertiary alicyclic amines) is 1. The average Bonchev–Trinajstić information content (AvgIpc) is 2.41. The van der Waals surface area contributed by atoms with Crippen molar-refractivity contribution in [2.45, 2.75) is 46.8 Å². The van der Waals surface area contributed by atoms with Gasteiger partial charge >= 0.3 is 0 Å². The number of carbonyl (C=O) groups is 1. The second-order valence-electron chi connectivity index (χ2n) is 4.93. The fourth-order valence-electron chi connectivity index (χ4n) is 2.26. The van der Waals surface area contributed by atoms with Crippen molar-refractivity contribution < 1.29 is 14.6 Å². The van der Waals surface area contributed by atoms with Crippen LogP contribution in [-0.2, 0) is 9.53 Å². The topological polar surface area (TPSA) is 49.8 Å². The maximum atomic E-state index is 11.9. The molecule has 0 aromatic rings. The van der Waals surface area contributed by atoms with Crippen molar-refractivity contribution in [2.24, 2.45) is 5.92 Å². The Labute approximate surface area is 121 Å². The summed E-state index contributed by atoms with van der Waals surface area (Å²) in [4.78, 5) is 13.3. The Kier molecular flexibility index (Phi) is 5.84. The van der Waals surface area contributed by atoms with E-state index < -0.39 is 6.23 Å². The van der Waals surface area contributed by atoms with Crippen LogP contribution >= 0.6 is 0 Å². The zero-order valence-corrected chi connectivity index (χ0v) is 12.9. The number of carbonyl (C=O) groups excluding carboxylic acids is 1. The van der Waals surface area contributed by atoms with Crippen LogP contribution in [0.2, 0.25) is 0 Å². The van der Waals surface area contributed by atoms with Crippen LogP contribution in [0.1, 0.15) is 40.5 Å². The SMILES string of the molecule is CCC#CC=C1C(=C(C)OC)CC(C)C(O)N1C(C)=O. The van der Waals surface area contributed by atoms with E-state index in [1.54, 1.807) is 13.2 Å². The van der Waals surface area contributed by atoms with Crippen LogP contribution in [0.15, 0.2) is 23.1 Å². The molecule has 1 amide bonds. The molecule has 20 heavy (non-hydrogen) atoms. The lowest BCUT2D eigenvalue weighted by molar-refractivity contribution is -0.139. The third-order valence-electron chi connectivity index (χ3n) is 3.43. The van der Waals surface area contributed by atoms with Crippen molar-refractivity contribution >= 4 is 5.91 Å². The number of amides is 1. The quantitative estimate of drug-likeness (QED) is 0.591. The van der Waals surface area contributed by atoms with Crippen molar-refractivity contribution in [1.82, 2.24) is 4.90 Å². The molecule has 0 spiro atoms. The number of aliphatic hydroxyl groups excluding tert-OH is 1. The van der Waals surface area contributed by atoms with Gasteiger partial charge < -0.3 is 9.84 Å². The Morgan fingerprint density at radius 3 is 2.70 bits per heavy atom. The molecule has 1 fully saturated rings. The van der Waals surface area contributed by atoms with E-state index in [4.69, 9.17) is 4.74 Å². The van der Waals surface area contributed by atoms with E-state index in [2.05, 4.69) is 11.8 Å². The van der Waals surface area contributed by atoms with Crippen molar-refractivity contribution in [3.63, 3.8) is 0 Å². The molecule has 2 atom stereocenters. The van der Waals surface area contributed by atoms with Gasteiger partial charge in [-0.3, -0.25) is 9.69 Å². The minimum absolute atomic E-state index is 0.0460. The second kappa shape index (κ2) is 7.16. The number of hydrogen-bond acceptors (Lipinski definition) is 3. The molecule has 1 rings (SSSR count). The van der Waals surface area contributed by atoms with Crippen LogP contribution in [0.3, 0.4) is 0 Å². The third kappa shape index (κ3) is 3.43. The van der Waals surface area contributed by atoms with Gasteiger partial charge in [0.2, 0.25) is 5.91 Å². The molecule has 0 saturated carbocycles. The summed E-state index contributed by atoms with van der Waals surface area (Å²) in [6.45, 7) is 7.18. The molecule has 0 aromatic heterocycles. The molecular weight excluding hydrogens is 254 g/mol. The first-order chi connectivity index (χ1) is 9.43. The molecule has 110 valence electrons. The molecule has 4 heteroatoms. The molecule has 1 heterocycles. The molecular formula is C16H23NO3. The van der Waals surface area contributed by atoms with E-state index in [0.717, 1.165) is 17.8 Å². The van der Waals surface area contributed by atoms with E-state index in [9.17, 15) is 9.90 Å². The smallest absolute Gasteiger partial charge is 0.226 e. The van der Waals surface area contributed by atoms with Crippen LogP contribution in [0.5, 0.6) is 0 Å². The lowest BCUT2D eigenvalue weighted by Crippen LogP contribution is -2.46. The van der Waals surface area contributed by atoms with Gasteiger partial charge in [0.15, 0.2) is 0 Å². The van der Waals surface area contributed by atoms with Crippen LogP contribution in [-0.4, -0.2) is 29.3 Å². The van der Waals surface area contributed by atoms with Gasteiger partial charge in [0.05, 0.1) is 18.6 Å². The highest BCUT2D eigenvalue weighted by atomic mass is 16.5. The van der Waals surface area contributed by atoms with E-state index in [-0.39, 0.29) is 11.8 Å². The maximum Gasteiger partial charge on any atom is 0.226 e. The van der Waals surface area contributed by atoms with Crippen molar-refractivity contribution in [1.29, 1.82) is 0 Å². The van der Waals surface area contributed by atoms with Gasteiger partial charge in [-0.05, 0) is 13.3 Å². The molecule has 4 nitrogen and oxygen atoms in total. The molecule has 0 bridgehead atoms. The van der Waals surface area contributed by atoms with Crippen LogP contribution in [0.4, 0.5) is 0 Å². The van der Waals surface area contributed by atoms with Gasteiger partial charge in [0.25, 0.3) is 0 Å². The summed E-state index contributed by atoms with van der Waals surface area (Å²) >= 11 is 0. The number of nitrogens with zero attached hydrogens (tertiary/aromatic N) is 1. The Morgan fingerprint density at radius 1 is 1.55 bits per heavy atom. The zero-order chi connectivity index (χ0) is 15.3. The Balaban J connectivity index is 3.37. The van der Waals surface area contributed by atoms with Crippen molar-refractivity contribution in [2.75, 3.05) is 7.11 Å². The van der Waals surface area contributed by atoms with Crippen LogP contribution in [0.25, 0.3) is 0 Å². The number of methoxy groups -OCH3 is 1. The van der Waals surface area contributed by atoms with E-state index in [0.29, 0.717) is 12.1 Å². The lowest BCUT2D eigenvalue weighted by Gasteiger charge is -2.39. The average molecular weight is 277 g/mol. The highest BCUT2D eigenvalue weighted by molar-refractivity contribution is 5.77. The first-order valence-corrected chi connectivity index (χ1v) is 6.84. The van der Waals surface area contributed by atoms with Crippen LogP contribution in [0, 0.1) is 17.8 Å². The van der Waals surface area contributed by atoms with E-state index in [1.165, 1.54) is 11.8 Å². The molecule has 0 radical (unpaired) electrons. The van der Waals surface area contributed by atoms with Gasteiger partial charge in [0, 0.05) is 30.9 Å². The zero-order valence-electron chi connectivity index (χ0n) is 12.9. The van der Waals surface area contributed by atoms with Gasteiger partial charge in [-0.25, -0.2) is 0 Å². The first kappa shape index (κ1) is 16.3. The fourth-order valence-corrected chi connectivity index (χ4v) is 2.26. The predicted octanol–water partition coefficient (Wildman–Crippen LogP) is 2.41. The van der Waals surface area contributed by atoms with Gasteiger partial charge in [-0.1, -0.05) is 25.7 Å². The predicted molar refractivity (Wildman–Crippen MR) is 78.2 cm³/mol. The minimum atomic E-state index is -0.824. The number of piperidine rings is 1. The first-order valence-electron chi connectivity index (χ1n) is 6.84. The molecule has 1 saturated heterocycles. The summed E-state index contributed by atoms with van der Waals surface area (Å²) in [5.74, 6) is 6.38. The summed E-state index contributed by atoms with van der Waals surface area (Å²) in [5, 5.41) is 10.3. The largest absolute Gasteiger partial charge is 0.501 e. The van der Waals surface area contributed by atoms with Crippen molar-refractivity contribution in [3.05, 3.63) is 23.1 Å². The van der Waals surface area contributed by atoms with E-state index in [1.807, 2.05) is 20.8 Å². The normalized spacial score (nSPS) is 26.9.